The fourth-order valence-electron chi connectivity index (χ4n) is 1.68. The van der Waals surface area contributed by atoms with Crippen LogP contribution in [0.4, 0.5) is 5.69 Å². The minimum absolute atomic E-state index is 0. The van der Waals surface area contributed by atoms with E-state index in [9.17, 15) is 0 Å². The molecule has 0 aliphatic carbocycles. The van der Waals surface area contributed by atoms with Crippen molar-refractivity contribution in [1.82, 2.24) is 0 Å². The van der Waals surface area contributed by atoms with Crippen molar-refractivity contribution in [3.8, 4) is 0 Å². The van der Waals surface area contributed by atoms with Crippen molar-refractivity contribution in [2.24, 2.45) is 7.05 Å². The second kappa shape index (κ2) is 7.05. The SMILES string of the molecule is Cc1csc(C=Cc2ccc(N(C)C)cc2)[n+]1C.[I-]. The number of hydrogen-bond donors (Lipinski definition) is 0. The van der Waals surface area contributed by atoms with Crippen molar-refractivity contribution in [3.63, 3.8) is 0 Å². The first-order valence-corrected chi connectivity index (χ1v) is 6.85. The summed E-state index contributed by atoms with van der Waals surface area (Å²) in [5, 5.41) is 3.44. The van der Waals surface area contributed by atoms with Gasteiger partial charge >= 0.3 is 0 Å². The van der Waals surface area contributed by atoms with E-state index in [-0.39, 0.29) is 24.0 Å². The monoisotopic (exact) mass is 386 g/mol. The molecule has 1 aromatic heterocycles. The molecular weight excluding hydrogens is 367 g/mol. The number of aromatic nitrogens is 1. The van der Waals surface area contributed by atoms with E-state index in [0.29, 0.717) is 0 Å². The molecule has 2 aromatic rings. The zero-order chi connectivity index (χ0) is 13.1. The van der Waals surface area contributed by atoms with Gasteiger partial charge in [0.1, 0.15) is 7.05 Å². The normalized spacial score (nSPS) is 10.5. The van der Waals surface area contributed by atoms with Crippen LogP contribution in [0.3, 0.4) is 0 Å². The van der Waals surface area contributed by atoms with Crippen molar-refractivity contribution in [2.45, 2.75) is 6.92 Å². The van der Waals surface area contributed by atoms with Crippen molar-refractivity contribution in [1.29, 1.82) is 0 Å². The molecule has 0 radical (unpaired) electrons. The highest BCUT2D eigenvalue weighted by Gasteiger charge is 2.08. The van der Waals surface area contributed by atoms with Gasteiger partial charge in [-0.25, -0.2) is 0 Å². The van der Waals surface area contributed by atoms with E-state index in [1.54, 1.807) is 11.3 Å². The predicted molar refractivity (Wildman–Crippen MR) is 79.9 cm³/mol. The smallest absolute Gasteiger partial charge is 0.261 e. The second-order valence-electron chi connectivity index (χ2n) is 4.59. The molecule has 0 saturated heterocycles. The number of halogens is 1. The third-order valence-electron chi connectivity index (χ3n) is 3.04. The van der Waals surface area contributed by atoms with E-state index in [2.05, 4.69) is 79.3 Å². The molecule has 2 rings (SSSR count). The lowest BCUT2D eigenvalue weighted by Crippen LogP contribution is -3.00. The maximum atomic E-state index is 2.20. The van der Waals surface area contributed by atoms with Crippen molar-refractivity contribution >= 4 is 29.2 Å². The van der Waals surface area contributed by atoms with E-state index in [4.69, 9.17) is 0 Å². The van der Waals surface area contributed by atoms with Gasteiger partial charge < -0.3 is 28.9 Å². The molecule has 1 aromatic carbocycles. The van der Waals surface area contributed by atoms with Crippen molar-refractivity contribution < 1.29 is 28.5 Å². The van der Waals surface area contributed by atoms with Crippen LogP contribution in [0, 0.1) is 6.92 Å². The molecule has 0 saturated carbocycles. The summed E-state index contributed by atoms with van der Waals surface area (Å²) in [5.41, 5.74) is 3.75. The van der Waals surface area contributed by atoms with Gasteiger partial charge in [-0.3, -0.25) is 0 Å². The van der Waals surface area contributed by atoms with E-state index in [1.807, 2.05) is 0 Å². The third kappa shape index (κ3) is 4.04. The Morgan fingerprint density at radius 2 is 1.74 bits per heavy atom. The average Bonchev–Trinajstić information content (AvgIpc) is 2.68. The van der Waals surface area contributed by atoms with E-state index >= 15 is 0 Å². The summed E-state index contributed by atoms with van der Waals surface area (Å²) in [5.74, 6) is 0. The molecule has 0 N–H and O–H groups in total. The largest absolute Gasteiger partial charge is 1.00 e. The molecule has 2 nitrogen and oxygen atoms in total. The maximum Gasteiger partial charge on any atom is 0.261 e. The average molecular weight is 386 g/mol. The lowest BCUT2D eigenvalue weighted by atomic mass is 10.2. The zero-order valence-corrected chi connectivity index (χ0v) is 14.7. The minimum Gasteiger partial charge on any atom is -1.00 e. The fraction of sp³-hybridized carbons (Fsp3) is 0.267. The molecule has 0 unspecified atom stereocenters. The number of hydrogen-bond acceptors (Lipinski definition) is 2. The van der Waals surface area contributed by atoms with Gasteiger partial charge in [-0.2, -0.15) is 4.57 Å². The van der Waals surface area contributed by atoms with Crippen molar-refractivity contribution in [2.75, 3.05) is 19.0 Å². The summed E-state index contributed by atoms with van der Waals surface area (Å²) in [7, 11) is 6.21. The number of thiazole rings is 1. The highest BCUT2D eigenvalue weighted by molar-refractivity contribution is 7.10. The number of anilines is 1. The van der Waals surface area contributed by atoms with Gasteiger partial charge in [0.15, 0.2) is 5.69 Å². The number of benzene rings is 1. The van der Waals surface area contributed by atoms with E-state index in [0.717, 1.165) is 0 Å². The van der Waals surface area contributed by atoms with Crippen LogP contribution in [0.2, 0.25) is 0 Å². The quantitative estimate of drug-likeness (QED) is 0.537. The van der Waals surface area contributed by atoms with Crippen LogP contribution in [-0.2, 0) is 7.05 Å². The Balaban J connectivity index is 0.00000180. The van der Waals surface area contributed by atoms with Crippen LogP contribution in [0.1, 0.15) is 16.3 Å². The molecule has 0 spiro atoms. The zero-order valence-electron chi connectivity index (χ0n) is 11.7. The maximum absolute atomic E-state index is 2.20. The van der Waals surface area contributed by atoms with Crippen molar-refractivity contribution in [3.05, 3.63) is 45.9 Å². The molecule has 0 aliphatic rings. The molecule has 0 fully saturated rings. The lowest BCUT2D eigenvalue weighted by molar-refractivity contribution is -0.674. The number of rotatable bonds is 3. The Bertz CT molecular complexity index is 556. The van der Waals surface area contributed by atoms with Gasteiger partial charge in [-0.05, 0) is 23.8 Å². The highest BCUT2D eigenvalue weighted by atomic mass is 127. The predicted octanol–water partition coefficient (Wildman–Crippen LogP) is 0.121. The van der Waals surface area contributed by atoms with Crippen LogP contribution < -0.4 is 33.4 Å². The molecule has 0 aliphatic heterocycles. The minimum atomic E-state index is 0. The van der Waals surface area contributed by atoms with Gasteiger partial charge in [0, 0.05) is 32.8 Å². The first-order chi connectivity index (χ1) is 8.58. The first-order valence-electron chi connectivity index (χ1n) is 5.97. The van der Waals surface area contributed by atoms with Crippen LogP contribution in [-0.4, -0.2) is 14.1 Å². The number of aryl methyl sites for hydroxylation is 1. The molecule has 0 amide bonds. The molecule has 0 atom stereocenters. The van der Waals surface area contributed by atoms with Gasteiger partial charge in [0.2, 0.25) is 0 Å². The molecule has 4 heteroatoms. The van der Waals surface area contributed by atoms with E-state index < -0.39 is 0 Å². The van der Waals surface area contributed by atoms with Gasteiger partial charge in [0.25, 0.3) is 5.01 Å². The molecule has 102 valence electrons. The summed E-state index contributed by atoms with van der Waals surface area (Å²) in [6, 6.07) is 8.57. The topological polar surface area (TPSA) is 7.12 Å². The van der Waals surface area contributed by atoms with E-state index in [1.165, 1.54) is 22.0 Å². The summed E-state index contributed by atoms with van der Waals surface area (Å²) < 4.78 is 2.20. The number of nitrogens with zero attached hydrogens (tertiary/aromatic N) is 2. The Hall–Kier alpha value is -0.880. The summed E-state index contributed by atoms with van der Waals surface area (Å²) >= 11 is 1.77. The molecule has 1 heterocycles. The Morgan fingerprint density at radius 3 is 2.21 bits per heavy atom. The standard InChI is InChI=1S/C15H19N2S.HI/c1-12-11-18-15(17(12)4)10-7-13-5-8-14(9-6-13)16(2)3;/h5-11H,1-4H3;1H/q+1;/p-1. The van der Waals surface area contributed by atoms with Crippen LogP contribution in [0.25, 0.3) is 12.2 Å². The second-order valence-corrected chi connectivity index (χ2v) is 5.48. The summed E-state index contributed by atoms with van der Waals surface area (Å²) in [6.45, 7) is 2.12. The Labute approximate surface area is 136 Å². The summed E-state index contributed by atoms with van der Waals surface area (Å²) in [6.07, 6.45) is 4.33. The van der Waals surface area contributed by atoms with Crippen LogP contribution in [0.15, 0.2) is 29.6 Å². The fourth-order valence-corrected chi connectivity index (χ4v) is 2.58. The first kappa shape index (κ1) is 16.2. The highest BCUT2D eigenvalue weighted by Crippen LogP contribution is 2.15. The molecule has 19 heavy (non-hydrogen) atoms. The molecule has 0 bridgehead atoms. The van der Waals surface area contributed by atoms with Crippen LogP contribution in [0.5, 0.6) is 0 Å². The Morgan fingerprint density at radius 1 is 1.11 bits per heavy atom. The molecular formula is C15H19IN2S. The summed E-state index contributed by atoms with van der Waals surface area (Å²) in [4.78, 5) is 2.11. The third-order valence-corrected chi connectivity index (χ3v) is 4.15. The van der Waals surface area contributed by atoms with Gasteiger partial charge in [0.05, 0.1) is 5.38 Å². The Kier molecular flexibility index (Phi) is 6.00. The van der Waals surface area contributed by atoms with Gasteiger partial charge in [-0.15, -0.1) is 0 Å². The lowest BCUT2D eigenvalue weighted by Gasteiger charge is -2.11. The van der Waals surface area contributed by atoms with Crippen LogP contribution >= 0.6 is 11.3 Å². The van der Waals surface area contributed by atoms with Gasteiger partial charge in [-0.1, -0.05) is 23.5 Å².